The molecule has 0 aromatic carbocycles. The van der Waals surface area contributed by atoms with E-state index in [1.54, 1.807) is 7.11 Å². The van der Waals surface area contributed by atoms with E-state index in [0.29, 0.717) is 18.3 Å². The van der Waals surface area contributed by atoms with Crippen LogP contribution in [0.4, 0.5) is 0 Å². The van der Waals surface area contributed by atoms with Gasteiger partial charge in [0.2, 0.25) is 0 Å². The molecule has 10 atom stereocenters. The minimum atomic E-state index is -0.791. The number of rotatable bonds is 8. The van der Waals surface area contributed by atoms with Crippen LogP contribution in [0, 0.1) is 45.3 Å². The molecule has 4 fully saturated rings. The van der Waals surface area contributed by atoms with Gasteiger partial charge >= 0.3 is 5.97 Å². The fourth-order valence-corrected chi connectivity index (χ4v) is 11.0. The van der Waals surface area contributed by atoms with Crippen LogP contribution in [0.1, 0.15) is 133 Å². The summed E-state index contributed by atoms with van der Waals surface area (Å²) >= 11 is 0. The molecule has 4 aliphatic rings. The smallest absolute Gasteiger partial charge is 0.305 e. The second-order valence-electron chi connectivity index (χ2n) is 16.3. The van der Waals surface area contributed by atoms with E-state index in [-0.39, 0.29) is 51.2 Å². The number of carbonyl (C=O) groups is 1. The third-order valence-electron chi connectivity index (χ3n) is 13.7. The van der Waals surface area contributed by atoms with Crippen molar-refractivity contribution in [3.63, 3.8) is 0 Å². The van der Waals surface area contributed by atoms with Crippen LogP contribution in [0.3, 0.4) is 0 Å². The van der Waals surface area contributed by atoms with Gasteiger partial charge in [-0.1, -0.05) is 41.5 Å². The SMILES string of the molecule is CCC(=O)O[C@H]1CC[C@]2(C)[C@H]3C[C@@H](O)[C@@H]4[C@@H]([C@](C)(O)CCCC(C)(C)OC)CC[C@@]4(C)[C@]3(C)CC[C@H]2C1(C)C. The predicted molar refractivity (Wildman–Crippen MR) is 156 cm³/mol. The zero-order valence-corrected chi connectivity index (χ0v) is 26.9. The highest BCUT2D eigenvalue weighted by molar-refractivity contribution is 5.69. The summed E-state index contributed by atoms with van der Waals surface area (Å²) in [5.41, 5.74) is -0.831. The average Bonchev–Trinajstić information content (AvgIpc) is 3.23. The van der Waals surface area contributed by atoms with Crippen LogP contribution in [0.2, 0.25) is 0 Å². The van der Waals surface area contributed by atoms with Crippen molar-refractivity contribution < 1.29 is 24.5 Å². The maximum absolute atomic E-state index is 12.3. The van der Waals surface area contributed by atoms with Crippen molar-refractivity contribution >= 4 is 5.97 Å². The summed E-state index contributed by atoms with van der Waals surface area (Å²) in [5, 5.41) is 23.8. The quantitative estimate of drug-likeness (QED) is 0.311. The monoisotopic (exact) mass is 548 g/mol. The van der Waals surface area contributed by atoms with Crippen LogP contribution in [0.15, 0.2) is 0 Å². The summed E-state index contributed by atoms with van der Waals surface area (Å²) in [6.45, 7) is 20.3. The highest BCUT2D eigenvalue weighted by Gasteiger charge is 2.71. The van der Waals surface area contributed by atoms with Crippen molar-refractivity contribution in [3.8, 4) is 0 Å². The van der Waals surface area contributed by atoms with Gasteiger partial charge in [-0.2, -0.15) is 0 Å². The minimum Gasteiger partial charge on any atom is -0.462 e. The van der Waals surface area contributed by atoms with Gasteiger partial charge in [-0.3, -0.25) is 4.79 Å². The van der Waals surface area contributed by atoms with E-state index in [2.05, 4.69) is 48.5 Å². The number of esters is 1. The maximum Gasteiger partial charge on any atom is 0.305 e. The second-order valence-corrected chi connectivity index (χ2v) is 16.3. The Kier molecular flexibility index (Phi) is 8.23. The first-order valence-corrected chi connectivity index (χ1v) is 16.0. The van der Waals surface area contributed by atoms with Crippen LogP contribution < -0.4 is 0 Å². The summed E-state index contributed by atoms with van der Waals surface area (Å²) in [6.07, 6.45) is 9.72. The van der Waals surface area contributed by atoms with Gasteiger partial charge in [-0.15, -0.1) is 0 Å². The van der Waals surface area contributed by atoms with E-state index in [4.69, 9.17) is 9.47 Å². The predicted octanol–water partition coefficient (Wildman–Crippen LogP) is 7.31. The topological polar surface area (TPSA) is 76.0 Å². The normalized spacial score (nSPS) is 45.0. The van der Waals surface area contributed by atoms with Gasteiger partial charge in [-0.05, 0) is 125 Å². The summed E-state index contributed by atoms with van der Waals surface area (Å²) in [7, 11) is 1.76. The lowest BCUT2D eigenvalue weighted by molar-refractivity contribution is -0.249. The molecule has 2 N–H and O–H groups in total. The standard InChI is InChI=1S/C34H60O5/c1-11-27(36)39-26-15-18-31(6)24(30(26,4)5)14-20-32(7)25(31)21-23(35)28-22(13-19-33(28,32)8)34(9,37)17-12-16-29(2,3)38-10/h22-26,28,35,37H,11-21H2,1-10H3/t22-,23+,24-,25+,26-,28-,31-,32+,33+,34+/m0/s1. The lowest BCUT2D eigenvalue weighted by Crippen LogP contribution is -2.66. The van der Waals surface area contributed by atoms with Crippen LogP contribution in [0.25, 0.3) is 0 Å². The van der Waals surface area contributed by atoms with E-state index in [1.165, 1.54) is 0 Å². The molecule has 39 heavy (non-hydrogen) atoms. The molecule has 0 unspecified atom stereocenters. The second kappa shape index (κ2) is 10.3. The number of aliphatic hydroxyl groups is 2. The fourth-order valence-electron chi connectivity index (χ4n) is 11.0. The Hall–Kier alpha value is -0.650. The molecule has 0 aromatic heterocycles. The Morgan fingerprint density at radius 1 is 0.923 bits per heavy atom. The molecule has 0 spiro atoms. The molecule has 4 saturated carbocycles. The van der Waals surface area contributed by atoms with Crippen molar-refractivity contribution in [2.45, 2.75) is 156 Å². The van der Waals surface area contributed by atoms with Crippen LogP contribution in [-0.2, 0) is 14.3 Å². The van der Waals surface area contributed by atoms with Gasteiger partial charge in [0.1, 0.15) is 6.10 Å². The first kappa shape index (κ1) is 31.3. The van der Waals surface area contributed by atoms with E-state index in [0.717, 1.165) is 64.2 Å². The zero-order valence-electron chi connectivity index (χ0n) is 26.9. The van der Waals surface area contributed by atoms with E-state index in [1.807, 2.05) is 13.8 Å². The summed E-state index contributed by atoms with van der Waals surface area (Å²) < 4.78 is 11.6. The van der Waals surface area contributed by atoms with Gasteiger partial charge in [0.05, 0.1) is 17.3 Å². The number of hydrogen-bond donors (Lipinski definition) is 2. The lowest BCUT2D eigenvalue weighted by atomic mass is 9.35. The number of carbonyl (C=O) groups excluding carboxylic acids is 1. The molecule has 4 rings (SSSR count). The third kappa shape index (κ3) is 4.92. The Bertz CT molecular complexity index is 909. The molecular weight excluding hydrogens is 488 g/mol. The van der Waals surface area contributed by atoms with Gasteiger partial charge in [0.25, 0.3) is 0 Å². The zero-order chi connectivity index (χ0) is 29.2. The molecule has 0 bridgehead atoms. The summed E-state index contributed by atoms with van der Waals surface area (Å²) in [4.78, 5) is 12.3. The molecule has 0 radical (unpaired) electrons. The van der Waals surface area contributed by atoms with Gasteiger partial charge in [0, 0.05) is 18.9 Å². The van der Waals surface area contributed by atoms with Crippen LogP contribution in [-0.4, -0.2) is 46.7 Å². The van der Waals surface area contributed by atoms with E-state index >= 15 is 0 Å². The molecule has 4 aliphatic carbocycles. The molecule has 0 aromatic rings. The molecule has 0 aliphatic heterocycles. The van der Waals surface area contributed by atoms with Gasteiger partial charge < -0.3 is 19.7 Å². The van der Waals surface area contributed by atoms with Gasteiger partial charge in [0.15, 0.2) is 0 Å². The Balaban J connectivity index is 1.58. The first-order chi connectivity index (χ1) is 17.9. The highest BCUT2D eigenvalue weighted by atomic mass is 16.5. The Morgan fingerprint density at radius 2 is 1.56 bits per heavy atom. The highest BCUT2D eigenvalue weighted by Crippen LogP contribution is 2.76. The number of methoxy groups -OCH3 is 1. The van der Waals surface area contributed by atoms with E-state index in [9.17, 15) is 15.0 Å². The molecule has 5 heteroatoms. The summed E-state index contributed by atoms with van der Waals surface area (Å²) in [5.74, 6) is 1.04. The molecule has 226 valence electrons. The van der Waals surface area contributed by atoms with Gasteiger partial charge in [-0.25, -0.2) is 0 Å². The van der Waals surface area contributed by atoms with Crippen molar-refractivity contribution in [2.75, 3.05) is 7.11 Å². The summed E-state index contributed by atoms with van der Waals surface area (Å²) in [6, 6.07) is 0. The third-order valence-corrected chi connectivity index (χ3v) is 13.7. The van der Waals surface area contributed by atoms with Crippen LogP contribution >= 0.6 is 0 Å². The van der Waals surface area contributed by atoms with Crippen molar-refractivity contribution in [1.29, 1.82) is 0 Å². The van der Waals surface area contributed by atoms with Crippen molar-refractivity contribution in [3.05, 3.63) is 0 Å². The molecule has 0 amide bonds. The number of aliphatic hydroxyl groups excluding tert-OH is 1. The largest absolute Gasteiger partial charge is 0.462 e. The van der Waals surface area contributed by atoms with Crippen molar-refractivity contribution in [2.24, 2.45) is 45.3 Å². The fraction of sp³-hybridized carbons (Fsp3) is 0.971. The minimum absolute atomic E-state index is 0.000557. The number of hydrogen-bond acceptors (Lipinski definition) is 5. The van der Waals surface area contributed by atoms with E-state index < -0.39 is 11.7 Å². The Morgan fingerprint density at radius 3 is 2.18 bits per heavy atom. The molecule has 0 heterocycles. The Labute approximate surface area is 239 Å². The molecule has 5 nitrogen and oxygen atoms in total. The molecular formula is C34H60O5. The average molecular weight is 549 g/mol. The lowest BCUT2D eigenvalue weighted by Gasteiger charge is -2.70. The number of fused-ring (bicyclic) bond motifs is 5. The maximum atomic E-state index is 12.3. The van der Waals surface area contributed by atoms with Crippen LogP contribution in [0.5, 0.6) is 0 Å². The molecule has 0 saturated heterocycles. The first-order valence-electron chi connectivity index (χ1n) is 16.0. The van der Waals surface area contributed by atoms with Crippen molar-refractivity contribution in [1.82, 2.24) is 0 Å². The number of ether oxygens (including phenoxy) is 2.